The Balaban J connectivity index is 3.11. The minimum absolute atomic E-state index is 0.000773. The van der Waals surface area contributed by atoms with E-state index in [0.29, 0.717) is 17.9 Å². The van der Waals surface area contributed by atoms with E-state index in [1.54, 1.807) is 12.1 Å². The summed E-state index contributed by atoms with van der Waals surface area (Å²) >= 11 is 0. The highest BCUT2D eigenvalue weighted by atomic mass is 16.6. The minimum atomic E-state index is -0.887. The molecular weight excluding hydrogens is 252 g/mol. The lowest BCUT2D eigenvalue weighted by molar-refractivity contribution is -0.137. The van der Waals surface area contributed by atoms with E-state index in [4.69, 9.17) is 19.3 Å². The molecule has 0 spiro atoms. The molecule has 0 radical (unpaired) electrons. The molecule has 1 aromatic rings. The van der Waals surface area contributed by atoms with Gasteiger partial charge in [0, 0.05) is 13.3 Å². The maximum atomic E-state index is 11.0. The zero-order chi connectivity index (χ0) is 14.4. The van der Waals surface area contributed by atoms with Crippen LogP contribution >= 0.6 is 0 Å². The molecule has 0 aliphatic heterocycles. The molecule has 6 nitrogen and oxygen atoms in total. The van der Waals surface area contributed by atoms with Gasteiger partial charge in [-0.2, -0.15) is 0 Å². The van der Waals surface area contributed by atoms with Crippen LogP contribution in [0.5, 0.6) is 17.2 Å². The van der Waals surface area contributed by atoms with Gasteiger partial charge in [0.2, 0.25) is 5.75 Å². The number of carboxylic acid groups (broad SMARTS) is 1. The van der Waals surface area contributed by atoms with Crippen LogP contribution in [-0.4, -0.2) is 31.3 Å². The average molecular weight is 268 g/mol. The number of hydrogen-bond donors (Lipinski definition) is 1. The van der Waals surface area contributed by atoms with E-state index in [1.807, 2.05) is 0 Å². The SMILES string of the molecule is COc1cc(CCC(=O)O)cc(OC)c1OC(C)=O. The van der Waals surface area contributed by atoms with Gasteiger partial charge in [0.25, 0.3) is 0 Å². The Labute approximate surface area is 110 Å². The van der Waals surface area contributed by atoms with Gasteiger partial charge in [0.15, 0.2) is 11.5 Å². The Morgan fingerprint density at radius 2 is 1.68 bits per heavy atom. The molecular formula is C13H16O6. The Kier molecular flexibility index (Phi) is 5.17. The standard InChI is InChI=1S/C13H16O6/c1-8(14)19-13-10(17-2)6-9(4-5-12(15)16)7-11(13)18-3/h6-7H,4-5H2,1-3H3,(H,15,16). The first-order valence-corrected chi connectivity index (χ1v) is 5.63. The fourth-order valence-electron chi connectivity index (χ4n) is 1.57. The first kappa shape index (κ1) is 14.8. The monoisotopic (exact) mass is 268 g/mol. The molecule has 1 aromatic carbocycles. The molecule has 0 aliphatic rings. The summed E-state index contributed by atoms with van der Waals surface area (Å²) in [6.45, 7) is 1.28. The van der Waals surface area contributed by atoms with Crippen LogP contribution in [0.3, 0.4) is 0 Å². The van der Waals surface area contributed by atoms with Crippen molar-refractivity contribution < 1.29 is 28.9 Å². The number of rotatable bonds is 6. The molecule has 0 unspecified atom stereocenters. The van der Waals surface area contributed by atoms with Crippen molar-refractivity contribution >= 4 is 11.9 Å². The molecule has 0 saturated carbocycles. The van der Waals surface area contributed by atoms with Crippen molar-refractivity contribution in [1.82, 2.24) is 0 Å². The molecule has 0 aromatic heterocycles. The lowest BCUT2D eigenvalue weighted by Crippen LogP contribution is -2.06. The van der Waals surface area contributed by atoms with Crippen LogP contribution in [0.1, 0.15) is 18.9 Å². The first-order valence-electron chi connectivity index (χ1n) is 5.63. The Morgan fingerprint density at radius 3 is 2.05 bits per heavy atom. The topological polar surface area (TPSA) is 82.1 Å². The summed E-state index contributed by atoms with van der Waals surface area (Å²) in [5.41, 5.74) is 0.729. The second-order valence-electron chi connectivity index (χ2n) is 3.82. The third kappa shape index (κ3) is 4.17. The fraction of sp³-hybridized carbons (Fsp3) is 0.385. The maximum absolute atomic E-state index is 11.0. The highest BCUT2D eigenvalue weighted by Gasteiger charge is 2.16. The number of aliphatic carboxylic acids is 1. The summed E-state index contributed by atoms with van der Waals surface area (Å²) in [5.74, 6) is -0.529. The molecule has 0 saturated heterocycles. The van der Waals surface area contributed by atoms with E-state index < -0.39 is 11.9 Å². The number of benzene rings is 1. The Bertz CT molecular complexity index is 455. The smallest absolute Gasteiger partial charge is 0.308 e. The second-order valence-corrected chi connectivity index (χ2v) is 3.82. The average Bonchev–Trinajstić information content (AvgIpc) is 2.36. The van der Waals surface area contributed by atoms with E-state index in [0.717, 1.165) is 5.56 Å². The third-order valence-electron chi connectivity index (χ3n) is 2.39. The first-order chi connectivity index (χ1) is 8.97. The molecule has 1 rings (SSSR count). The van der Waals surface area contributed by atoms with E-state index in [2.05, 4.69) is 0 Å². The molecule has 0 aliphatic carbocycles. The number of aryl methyl sites for hydroxylation is 1. The number of esters is 1. The van der Waals surface area contributed by atoms with Gasteiger partial charge in [0.1, 0.15) is 0 Å². The molecule has 19 heavy (non-hydrogen) atoms. The van der Waals surface area contributed by atoms with Crippen molar-refractivity contribution in [3.63, 3.8) is 0 Å². The van der Waals surface area contributed by atoms with Crippen molar-refractivity contribution in [1.29, 1.82) is 0 Å². The number of methoxy groups -OCH3 is 2. The maximum Gasteiger partial charge on any atom is 0.308 e. The van der Waals surface area contributed by atoms with Gasteiger partial charge < -0.3 is 19.3 Å². The predicted octanol–water partition coefficient (Wildman–Crippen LogP) is 1.65. The molecule has 0 amide bonds. The highest BCUT2D eigenvalue weighted by molar-refractivity contribution is 5.72. The number of ether oxygens (including phenoxy) is 3. The van der Waals surface area contributed by atoms with Crippen molar-refractivity contribution in [2.45, 2.75) is 19.8 Å². The van der Waals surface area contributed by atoms with Gasteiger partial charge in [-0.1, -0.05) is 0 Å². The van der Waals surface area contributed by atoms with E-state index in [1.165, 1.54) is 21.1 Å². The highest BCUT2D eigenvalue weighted by Crippen LogP contribution is 2.38. The zero-order valence-electron chi connectivity index (χ0n) is 11.1. The summed E-state index contributed by atoms with van der Waals surface area (Å²) in [4.78, 5) is 21.6. The lowest BCUT2D eigenvalue weighted by atomic mass is 10.1. The van der Waals surface area contributed by atoms with E-state index in [9.17, 15) is 9.59 Å². The normalized spacial score (nSPS) is 9.84. The van der Waals surface area contributed by atoms with Crippen LogP contribution in [0.25, 0.3) is 0 Å². The van der Waals surface area contributed by atoms with Crippen molar-refractivity contribution in [2.75, 3.05) is 14.2 Å². The lowest BCUT2D eigenvalue weighted by Gasteiger charge is -2.14. The van der Waals surface area contributed by atoms with Crippen molar-refractivity contribution in [2.24, 2.45) is 0 Å². The second kappa shape index (κ2) is 6.63. The quantitative estimate of drug-likeness (QED) is 0.624. The molecule has 6 heteroatoms. The summed E-state index contributed by atoms with van der Waals surface area (Å²) < 4.78 is 15.3. The van der Waals surface area contributed by atoms with Crippen LogP contribution in [0.2, 0.25) is 0 Å². The van der Waals surface area contributed by atoms with Crippen LogP contribution in [0.15, 0.2) is 12.1 Å². The largest absolute Gasteiger partial charge is 0.493 e. The summed E-state index contributed by atoms with van der Waals surface area (Å²) in [7, 11) is 2.87. The van der Waals surface area contributed by atoms with E-state index >= 15 is 0 Å². The van der Waals surface area contributed by atoms with Crippen molar-refractivity contribution in [3.8, 4) is 17.2 Å². The Morgan fingerprint density at radius 1 is 1.16 bits per heavy atom. The van der Waals surface area contributed by atoms with Gasteiger partial charge in [-0.05, 0) is 24.1 Å². The number of carbonyl (C=O) groups is 2. The van der Waals surface area contributed by atoms with Crippen LogP contribution < -0.4 is 14.2 Å². The Hall–Kier alpha value is -2.24. The van der Waals surface area contributed by atoms with Crippen molar-refractivity contribution in [3.05, 3.63) is 17.7 Å². The molecule has 0 bridgehead atoms. The van der Waals surface area contributed by atoms with Crippen LogP contribution in [0.4, 0.5) is 0 Å². The van der Waals surface area contributed by atoms with Crippen LogP contribution in [0, 0.1) is 0 Å². The summed E-state index contributed by atoms with van der Waals surface area (Å²) in [5, 5.41) is 8.67. The zero-order valence-corrected chi connectivity index (χ0v) is 11.1. The van der Waals surface area contributed by atoms with Gasteiger partial charge in [-0.25, -0.2) is 0 Å². The van der Waals surface area contributed by atoms with Gasteiger partial charge in [0.05, 0.1) is 14.2 Å². The molecule has 0 heterocycles. The number of carboxylic acids is 1. The van der Waals surface area contributed by atoms with E-state index in [-0.39, 0.29) is 12.2 Å². The van der Waals surface area contributed by atoms with Gasteiger partial charge in [-0.15, -0.1) is 0 Å². The molecule has 104 valence electrons. The predicted molar refractivity (Wildman–Crippen MR) is 66.8 cm³/mol. The van der Waals surface area contributed by atoms with Gasteiger partial charge in [-0.3, -0.25) is 9.59 Å². The molecule has 0 atom stereocenters. The number of hydrogen-bond acceptors (Lipinski definition) is 5. The molecule has 1 N–H and O–H groups in total. The van der Waals surface area contributed by atoms with Gasteiger partial charge >= 0.3 is 11.9 Å². The summed E-state index contributed by atoms with van der Waals surface area (Å²) in [6.07, 6.45) is 0.335. The van der Waals surface area contributed by atoms with Crippen LogP contribution in [-0.2, 0) is 16.0 Å². The number of carbonyl (C=O) groups excluding carboxylic acids is 1. The fourth-order valence-corrected chi connectivity index (χ4v) is 1.57. The molecule has 0 fully saturated rings. The summed E-state index contributed by atoms with van der Waals surface area (Å²) in [6, 6.07) is 3.26. The third-order valence-corrected chi connectivity index (χ3v) is 2.39. The minimum Gasteiger partial charge on any atom is -0.493 e.